The van der Waals surface area contributed by atoms with Gasteiger partial charge in [0.25, 0.3) is 0 Å². The van der Waals surface area contributed by atoms with E-state index < -0.39 is 0 Å². The van der Waals surface area contributed by atoms with E-state index in [0.29, 0.717) is 27.0 Å². The Morgan fingerprint density at radius 3 is 2.55 bits per heavy atom. The molecule has 0 radical (unpaired) electrons. The summed E-state index contributed by atoms with van der Waals surface area (Å²) >= 11 is 9.11. The van der Waals surface area contributed by atoms with Crippen LogP contribution in [0.5, 0.6) is 0 Å². The van der Waals surface area contributed by atoms with Crippen molar-refractivity contribution in [3.05, 3.63) is 68.7 Å². The van der Waals surface area contributed by atoms with Gasteiger partial charge in [0, 0.05) is 21.1 Å². The molecule has 2 aromatic carbocycles. The molecule has 0 bridgehead atoms. The van der Waals surface area contributed by atoms with E-state index in [1.165, 1.54) is 18.2 Å². The van der Waals surface area contributed by atoms with Crippen molar-refractivity contribution in [1.29, 1.82) is 0 Å². The molecule has 20 heavy (non-hydrogen) atoms. The third kappa shape index (κ3) is 3.57. The Kier molecular flexibility index (Phi) is 5.13. The van der Waals surface area contributed by atoms with Crippen molar-refractivity contribution in [2.24, 2.45) is 0 Å². The molecule has 0 saturated carbocycles. The van der Waals surface area contributed by atoms with Gasteiger partial charge in [-0.15, -0.1) is 0 Å². The smallest absolute Gasteiger partial charge is 0.128 e. The molecule has 0 aliphatic carbocycles. The monoisotopic (exact) mass is 359 g/mol. The zero-order valence-electron chi connectivity index (χ0n) is 10.8. The van der Waals surface area contributed by atoms with Gasteiger partial charge in [-0.05, 0) is 49.4 Å². The molecule has 2 rings (SSSR count). The number of benzene rings is 2. The minimum atomic E-state index is -0.355. The number of rotatable bonds is 4. The summed E-state index contributed by atoms with van der Waals surface area (Å²) in [5, 5.41) is 3.46. The van der Waals surface area contributed by atoms with E-state index in [-0.39, 0.29) is 17.7 Å². The summed E-state index contributed by atoms with van der Waals surface area (Å²) < 4.78 is 28.4. The minimum absolute atomic E-state index is 0.318. The van der Waals surface area contributed by atoms with E-state index in [1.54, 1.807) is 25.2 Å². The molecule has 0 aliphatic rings. The summed E-state index contributed by atoms with van der Waals surface area (Å²) in [6.07, 6.45) is 0.340. The summed E-state index contributed by atoms with van der Waals surface area (Å²) in [6.45, 7) is 0. The molecule has 0 saturated heterocycles. The van der Waals surface area contributed by atoms with E-state index in [2.05, 4.69) is 21.2 Å². The van der Waals surface area contributed by atoms with Gasteiger partial charge >= 0.3 is 0 Å². The third-order valence-electron chi connectivity index (χ3n) is 3.12. The molecule has 0 amide bonds. The lowest BCUT2D eigenvalue weighted by atomic mass is 9.98. The van der Waals surface area contributed by atoms with Crippen molar-refractivity contribution in [3.8, 4) is 0 Å². The van der Waals surface area contributed by atoms with E-state index >= 15 is 0 Å². The first-order valence-corrected chi connectivity index (χ1v) is 7.24. The van der Waals surface area contributed by atoms with Crippen LogP contribution in [0.25, 0.3) is 0 Å². The molecule has 2 aromatic rings. The maximum atomic E-state index is 13.9. The Hall–Kier alpha value is -0.970. The van der Waals surface area contributed by atoms with Crippen LogP contribution in [0.3, 0.4) is 0 Å². The maximum Gasteiger partial charge on any atom is 0.128 e. The Morgan fingerprint density at radius 1 is 1.15 bits per heavy atom. The average molecular weight is 361 g/mol. The Morgan fingerprint density at radius 2 is 1.90 bits per heavy atom. The predicted octanol–water partition coefficient (Wildman–Crippen LogP) is 4.88. The predicted molar refractivity (Wildman–Crippen MR) is 81.0 cm³/mol. The van der Waals surface area contributed by atoms with Gasteiger partial charge in [0.15, 0.2) is 0 Å². The summed E-state index contributed by atoms with van der Waals surface area (Å²) in [5.41, 5.74) is 0.953. The highest BCUT2D eigenvalue weighted by Crippen LogP contribution is 2.26. The maximum absolute atomic E-state index is 13.9. The van der Waals surface area contributed by atoms with Gasteiger partial charge in [0.1, 0.15) is 11.6 Å². The molecule has 1 N–H and O–H groups in total. The first-order chi connectivity index (χ1) is 9.51. The molecular formula is C15H13BrClF2N. The van der Waals surface area contributed by atoms with Crippen molar-refractivity contribution in [1.82, 2.24) is 5.32 Å². The van der Waals surface area contributed by atoms with Crippen LogP contribution in [-0.2, 0) is 6.42 Å². The summed E-state index contributed by atoms with van der Waals surface area (Å²) in [5.74, 6) is -0.673. The molecule has 1 unspecified atom stereocenters. The first kappa shape index (κ1) is 15.4. The van der Waals surface area contributed by atoms with Crippen molar-refractivity contribution in [3.63, 3.8) is 0 Å². The van der Waals surface area contributed by atoms with E-state index in [1.807, 2.05) is 0 Å². The fourth-order valence-electron chi connectivity index (χ4n) is 2.06. The van der Waals surface area contributed by atoms with Crippen molar-refractivity contribution >= 4 is 27.5 Å². The number of nitrogens with one attached hydrogen (secondary N) is 1. The quantitative estimate of drug-likeness (QED) is 0.819. The molecule has 0 heterocycles. The summed E-state index contributed by atoms with van der Waals surface area (Å²) in [4.78, 5) is 0. The van der Waals surface area contributed by atoms with Gasteiger partial charge in [-0.25, -0.2) is 8.78 Å². The zero-order valence-corrected chi connectivity index (χ0v) is 13.1. The van der Waals surface area contributed by atoms with Crippen LogP contribution < -0.4 is 5.32 Å². The van der Waals surface area contributed by atoms with E-state index in [4.69, 9.17) is 11.6 Å². The summed E-state index contributed by atoms with van der Waals surface area (Å²) in [7, 11) is 1.71. The van der Waals surface area contributed by atoms with Crippen LogP contribution in [0.1, 0.15) is 17.2 Å². The van der Waals surface area contributed by atoms with Gasteiger partial charge in [-0.2, -0.15) is 0 Å². The van der Waals surface area contributed by atoms with Crippen LogP contribution in [0.4, 0.5) is 8.78 Å². The molecule has 106 valence electrons. The second kappa shape index (κ2) is 6.66. The number of hydrogen-bond acceptors (Lipinski definition) is 1. The lowest BCUT2D eigenvalue weighted by Crippen LogP contribution is -2.20. The SMILES string of the molecule is CNC(Cc1ccc(Br)cc1F)c1cc(Cl)ccc1F. The van der Waals surface area contributed by atoms with Gasteiger partial charge in [-0.3, -0.25) is 0 Å². The third-order valence-corrected chi connectivity index (χ3v) is 3.85. The molecule has 5 heteroatoms. The Balaban J connectivity index is 2.31. The lowest BCUT2D eigenvalue weighted by molar-refractivity contribution is 0.519. The largest absolute Gasteiger partial charge is 0.313 e. The second-order valence-electron chi connectivity index (χ2n) is 4.45. The summed E-state index contributed by atoms with van der Waals surface area (Å²) in [6, 6.07) is 8.88. The molecule has 0 aliphatic heterocycles. The molecule has 1 atom stereocenters. The second-order valence-corrected chi connectivity index (χ2v) is 5.80. The van der Waals surface area contributed by atoms with Gasteiger partial charge < -0.3 is 5.32 Å². The molecule has 0 spiro atoms. The normalized spacial score (nSPS) is 12.4. The van der Waals surface area contributed by atoms with Crippen molar-refractivity contribution < 1.29 is 8.78 Å². The topological polar surface area (TPSA) is 12.0 Å². The fraction of sp³-hybridized carbons (Fsp3) is 0.200. The molecule has 0 aromatic heterocycles. The average Bonchev–Trinajstić information content (AvgIpc) is 2.41. The zero-order chi connectivity index (χ0) is 14.7. The lowest BCUT2D eigenvalue weighted by Gasteiger charge is -2.18. The highest BCUT2D eigenvalue weighted by atomic mass is 79.9. The number of likely N-dealkylation sites (N-methyl/N-ethyl adjacent to an activating group) is 1. The van der Waals surface area contributed by atoms with Crippen LogP contribution >= 0.6 is 27.5 Å². The number of hydrogen-bond donors (Lipinski definition) is 1. The highest BCUT2D eigenvalue weighted by molar-refractivity contribution is 9.10. The van der Waals surface area contributed by atoms with Gasteiger partial charge in [0.05, 0.1) is 0 Å². The molecular weight excluding hydrogens is 348 g/mol. The molecule has 0 fully saturated rings. The highest BCUT2D eigenvalue weighted by Gasteiger charge is 2.17. The number of halogens is 4. The van der Waals surface area contributed by atoms with Gasteiger partial charge in [0.2, 0.25) is 0 Å². The standard InChI is InChI=1S/C15H13BrClF2N/c1-20-15(12-8-11(17)4-5-13(12)18)6-9-2-3-10(16)7-14(9)19/h2-5,7-8,15,20H,6H2,1H3. The molecule has 1 nitrogen and oxygen atoms in total. The van der Waals surface area contributed by atoms with Crippen LogP contribution in [0.2, 0.25) is 5.02 Å². The Bertz CT molecular complexity index is 619. The first-order valence-electron chi connectivity index (χ1n) is 6.07. The van der Waals surface area contributed by atoms with Crippen molar-refractivity contribution in [2.75, 3.05) is 7.05 Å². The van der Waals surface area contributed by atoms with Gasteiger partial charge in [-0.1, -0.05) is 33.6 Å². The minimum Gasteiger partial charge on any atom is -0.313 e. The van der Waals surface area contributed by atoms with E-state index in [9.17, 15) is 8.78 Å². The van der Waals surface area contributed by atoms with Crippen LogP contribution in [0, 0.1) is 11.6 Å². The Labute approximate surface area is 130 Å². The van der Waals surface area contributed by atoms with E-state index in [0.717, 1.165) is 0 Å². The van der Waals surface area contributed by atoms with Crippen LogP contribution in [0.15, 0.2) is 40.9 Å². The van der Waals surface area contributed by atoms with Crippen molar-refractivity contribution in [2.45, 2.75) is 12.5 Å². The van der Waals surface area contributed by atoms with Crippen LogP contribution in [-0.4, -0.2) is 7.05 Å². The fourth-order valence-corrected chi connectivity index (χ4v) is 2.57.